The molecule has 5 nitrogen and oxygen atoms in total. The van der Waals surface area contributed by atoms with Crippen LogP contribution >= 0.6 is 11.8 Å². The highest BCUT2D eigenvalue weighted by Gasteiger charge is 2.28. The Morgan fingerprint density at radius 2 is 1.94 bits per heavy atom. The lowest BCUT2D eigenvalue weighted by Gasteiger charge is -2.29. The van der Waals surface area contributed by atoms with Crippen LogP contribution in [0.1, 0.15) is 63.1 Å². The molecule has 0 saturated heterocycles. The number of rotatable bonds is 7. The van der Waals surface area contributed by atoms with E-state index in [9.17, 15) is 4.79 Å². The maximum absolute atomic E-state index is 13.3. The summed E-state index contributed by atoms with van der Waals surface area (Å²) in [5.41, 5.74) is 4.13. The Morgan fingerprint density at radius 1 is 1.19 bits per heavy atom. The van der Waals surface area contributed by atoms with Crippen molar-refractivity contribution in [3.05, 3.63) is 53.7 Å². The van der Waals surface area contributed by atoms with Crippen LogP contribution in [0.3, 0.4) is 0 Å². The predicted octanol–water partition coefficient (Wildman–Crippen LogP) is 5.68. The summed E-state index contributed by atoms with van der Waals surface area (Å²) >= 11 is 1.67. The molecule has 0 bridgehead atoms. The Hall–Kier alpha value is -2.34. The Kier molecular flexibility index (Phi) is 6.96. The maximum Gasteiger partial charge on any atom is 0.243 e. The van der Waals surface area contributed by atoms with Crippen LogP contribution in [0.2, 0.25) is 0 Å². The van der Waals surface area contributed by atoms with E-state index in [0.717, 1.165) is 40.8 Å². The molecule has 164 valence electrons. The molecule has 1 aliphatic rings. The molecule has 0 aliphatic heterocycles. The van der Waals surface area contributed by atoms with Crippen LogP contribution in [0.5, 0.6) is 0 Å². The van der Waals surface area contributed by atoms with Crippen molar-refractivity contribution < 1.29 is 4.79 Å². The first-order chi connectivity index (χ1) is 15.0. The third kappa shape index (κ3) is 5.12. The van der Waals surface area contributed by atoms with Gasteiger partial charge in [0.1, 0.15) is 11.6 Å². The van der Waals surface area contributed by atoms with E-state index in [1.54, 1.807) is 18.0 Å². The molecule has 2 aromatic heterocycles. The fraction of sp³-hybridized carbons (Fsp3) is 0.480. The van der Waals surface area contributed by atoms with E-state index in [-0.39, 0.29) is 18.0 Å². The van der Waals surface area contributed by atoms with Crippen LogP contribution in [0.15, 0.2) is 47.8 Å². The van der Waals surface area contributed by atoms with Crippen LogP contribution in [0, 0.1) is 12.8 Å². The van der Waals surface area contributed by atoms with Gasteiger partial charge in [-0.2, -0.15) is 0 Å². The normalized spacial score (nSPS) is 20.0. The SMILES string of the molecule is CC[C@@H](C(=O)NC1CCC(C)CC1)n1c(SCc2ccc(C)cc2)nc2cccnc21. The van der Waals surface area contributed by atoms with Gasteiger partial charge in [-0.25, -0.2) is 9.97 Å². The molecule has 0 radical (unpaired) electrons. The molecule has 6 heteroatoms. The minimum atomic E-state index is -0.306. The third-order valence-corrected chi connectivity index (χ3v) is 7.29. The van der Waals surface area contributed by atoms with E-state index < -0.39 is 0 Å². The Labute approximate surface area is 189 Å². The lowest BCUT2D eigenvalue weighted by atomic mass is 9.87. The summed E-state index contributed by atoms with van der Waals surface area (Å²) in [6.07, 6.45) is 7.00. The Morgan fingerprint density at radius 3 is 2.65 bits per heavy atom. The standard InChI is InChI=1S/C25H32N4OS/c1-4-22(24(30)27-20-13-9-18(3)10-14-20)29-23-21(6-5-15-26-23)28-25(29)31-16-19-11-7-17(2)8-12-19/h5-8,11-12,15,18,20,22H,4,9-10,13-14,16H2,1-3H3,(H,27,30)/t18?,20?,22-/m0/s1. The van der Waals surface area contributed by atoms with Crippen molar-refractivity contribution >= 4 is 28.8 Å². The summed E-state index contributed by atoms with van der Waals surface area (Å²) in [4.78, 5) is 22.8. The highest BCUT2D eigenvalue weighted by atomic mass is 32.2. The van der Waals surface area contributed by atoms with Crippen LogP contribution < -0.4 is 5.32 Å². The summed E-state index contributed by atoms with van der Waals surface area (Å²) in [7, 11) is 0. The van der Waals surface area contributed by atoms with Crippen LogP contribution in [0.4, 0.5) is 0 Å². The number of imidazole rings is 1. The molecular formula is C25H32N4OS. The molecule has 1 atom stereocenters. The summed E-state index contributed by atoms with van der Waals surface area (Å²) in [5.74, 6) is 1.66. The van der Waals surface area contributed by atoms with E-state index in [0.29, 0.717) is 6.42 Å². The molecule has 0 unspecified atom stereocenters. The van der Waals surface area contributed by atoms with E-state index in [4.69, 9.17) is 4.98 Å². The number of nitrogens with zero attached hydrogens (tertiary/aromatic N) is 3. The second-order valence-electron chi connectivity index (χ2n) is 8.77. The molecule has 1 aliphatic carbocycles. The zero-order chi connectivity index (χ0) is 21.8. The molecule has 4 rings (SSSR count). The molecule has 31 heavy (non-hydrogen) atoms. The highest BCUT2D eigenvalue weighted by Crippen LogP contribution is 2.31. The molecule has 1 aromatic carbocycles. The number of carbonyl (C=O) groups excluding carboxylic acids is 1. The van der Waals surface area contributed by atoms with Gasteiger partial charge in [0.15, 0.2) is 10.8 Å². The summed E-state index contributed by atoms with van der Waals surface area (Å²) in [6.45, 7) is 6.46. The number of benzene rings is 1. The predicted molar refractivity (Wildman–Crippen MR) is 127 cm³/mol. The van der Waals surface area contributed by atoms with E-state index in [1.807, 2.05) is 12.1 Å². The van der Waals surface area contributed by atoms with Gasteiger partial charge < -0.3 is 5.32 Å². The number of pyridine rings is 1. The van der Waals surface area contributed by atoms with Crippen molar-refractivity contribution in [1.82, 2.24) is 19.9 Å². The first-order valence-electron chi connectivity index (χ1n) is 11.4. The number of carbonyl (C=O) groups is 1. The summed E-state index contributed by atoms with van der Waals surface area (Å²) in [5, 5.41) is 4.18. The molecular weight excluding hydrogens is 404 g/mol. The highest BCUT2D eigenvalue weighted by molar-refractivity contribution is 7.98. The second kappa shape index (κ2) is 9.86. The van der Waals surface area contributed by atoms with Crippen molar-refractivity contribution in [3.63, 3.8) is 0 Å². The van der Waals surface area contributed by atoms with Crippen molar-refractivity contribution in [1.29, 1.82) is 0 Å². The maximum atomic E-state index is 13.3. The van der Waals surface area contributed by atoms with E-state index >= 15 is 0 Å². The van der Waals surface area contributed by atoms with Gasteiger partial charge in [-0.05, 0) is 62.6 Å². The van der Waals surface area contributed by atoms with Crippen LogP contribution in [0.25, 0.3) is 11.2 Å². The second-order valence-corrected chi connectivity index (χ2v) is 9.72. The number of hydrogen-bond acceptors (Lipinski definition) is 4. The van der Waals surface area contributed by atoms with Crippen molar-refractivity contribution in [3.8, 4) is 0 Å². The Bertz CT molecular complexity index is 1020. The van der Waals surface area contributed by atoms with Gasteiger partial charge in [-0.1, -0.05) is 55.4 Å². The summed E-state index contributed by atoms with van der Waals surface area (Å²) < 4.78 is 2.05. The molecule has 1 amide bonds. The Balaban J connectivity index is 1.58. The monoisotopic (exact) mass is 436 g/mol. The lowest BCUT2D eigenvalue weighted by molar-refractivity contribution is -0.125. The van der Waals surface area contributed by atoms with Crippen molar-refractivity contribution in [2.45, 2.75) is 75.9 Å². The number of hydrogen-bond donors (Lipinski definition) is 1. The molecule has 3 aromatic rings. The first kappa shape index (κ1) is 21.9. The smallest absolute Gasteiger partial charge is 0.243 e. The first-order valence-corrected chi connectivity index (χ1v) is 12.4. The zero-order valence-electron chi connectivity index (χ0n) is 18.7. The van der Waals surface area contributed by atoms with Gasteiger partial charge >= 0.3 is 0 Å². The van der Waals surface area contributed by atoms with Gasteiger partial charge in [-0.3, -0.25) is 9.36 Å². The van der Waals surface area contributed by atoms with Crippen molar-refractivity contribution in [2.24, 2.45) is 5.92 Å². The number of aryl methyl sites for hydroxylation is 1. The van der Waals surface area contributed by atoms with Gasteiger partial charge in [0, 0.05) is 18.0 Å². The number of nitrogens with one attached hydrogen (secondary N) is 1. The fourth-order valence-corrected chi connectivity index (χ4v) is 5.31. The zero-order valence-corrected chi connectivity index (χ0v) is 19.5. The molecule has 1 N–H and O–H groups in total. The topological polar surface area (TPSA) is 59.8 Å². The van der Waals surface area contributed by atoms with Gasteiger partial charge in [0.2, 0.25) is 5.91 Å². The lowest BCUT2D eigenvalue weighted by Crippen LogP contribution is -2.41. The average Bonchev–Trinajstić information content (AvgIpc) is 3.14. The van der Waals surface area contributed by atoms with E-state index in [2.05, 4.69) is 59.9 Å². The number of aromatic nitrogens is 3. The van der Waals surface area contributed by atoms with Crippen LogP contribution in [-0.4, -0.2) is 26.5 Å². The van der Waals surface area contributed by atoms with Gasteiger partial charge in [0.05, 0.1) is 0 Å². The van der Waals surface area contributed by atoms with Gasteiger partial charge in [0.25, 0.3) is 0 Å². The minimum absolute atomic E-state index is 0.0872. The number of fused-ring (bicyclic) bond motifs is 1. The summed E-state index contributed by atoms with van der Waals surface area (Å²) in [6, 6.07) is 12.4. The minimum Gasteiger partial charge on any atom is -0.352 e. The van der Waals surface area contributed by atoms with Crippen LogP contribution in [-0.2, 0) is 10.5 Å². The fourth-order valence-electron chi connectivity index (χ4n) is 4.31. The third-order valence-electron chi connectivity index (χ3n) is 6.27. The molecule has 1 fully saturated rings. The number of amides is 1. The molecule has 2 heterocycles. The van der Waals surface area contributed by atoms with Gasteiger partial charge in [-0.15, -0.1) is 0 Å². The number of thioether (sulfide) groups is 1. The largest absolute Gasteiger partial charge is 0.352 e. The van der Waals surface area contributed by atoms with E-state index in [1.165, 1.54) is 24.0 Å². The average molecular weight is 437 g/mol. The molecule has 1 saturated carbocycles. The molecule has 0 spiro atoms. The quantitative estimate of drug-likeness (QED) is 0.484. The van der Waals surface area contributed by atoms with Crippen molar-refractivity contribution in [2.75, 3.05) is 0 Å².